The van der Waals surface area contributed by atoms with Gasteiger partial charge in [0.2, 0.25) is 0 Å². The van der Waals surface area contributed by atoms with Gasteiger partial charge in [-0.15, -0.1) is 12.4 Å². The summed E-state index contributed by atoms with van der Waals surface area (Å²) in [6.07, 6.45) is 2.97. The van der Waals surface area contributed by atoms with Crippen LogP contribution < -0.4 is 11.1 Å². The van der Waals surface area contributed by atoms with Gasteiger partial charge < -0.3 is 11.1 Å². The van der Waals surface area contributed by atoms with Crippen molar-refractivity contribution in [2.45, 2.75) is 33.1 Å². The molecule has 1 heterocycles. The van der Waals surface area contributed by atoms with Gasteiger partial charge in [-0.05, 0) is 44.7 Å². The minimum Gasteiger partial charge on any atom is -0.349 e. The van der Waals surface area contributed by atoms with Crippen LogP contribution in [0.15, 0.2) is 18.2 Å². The Kier molecular flexibility index (Phi) is 5.44. The fourth-order valence-electron chi connectivity index (χ4n) is 3.13. The van der Waals surface area contributed by atoms with Crippen LogP contribution in [-0.2, 0) is 12.8 Å². The number of benzene rings is 1. The molecule has 1 aliphatic carbocycles. The van der Waals surface area contributed by atoms with Crippen molar-refractivity contribution in [1.29, 1.82) is 0 Å². The van der Waals surface area contributed by atoms with Crippen molar-refractivity contribution in [3.05, 3.63) is 46.3 Å². The van der Waals surface area contributed by atoms with E-state index in [1.165, 1.54) is 16.8 Å². The fraction of sp³-hybridized carbons (Fsp3) is 0.412. The third kappa shape index (κ3) is 3.26. The molecule has 6 heteroatoms. The van der Waals surface area contributed by atoms with Gasteiger partial charge >= 0.3 is 0 Å². The number of hydrogen-bond acceptors (Lipinski definition) is 3. The Morgan fingerprint density at radius 2 is 2.13 bits per heavy atom. The van der Waals surface area contributed by atoms with Gasteiger partial charge in [0.15, 0.2) is 5.69 Å². The van der Waals surface area contributed by atoms with E-state index in [0.29, 0.717) is 18.8 Å². The van der Waals surface area contributed by atoms with Crippen LogP contribution >= 0.6 is 12.4 Å². The molecule has 0 saturated heterocycles. The molecule has 0 aliphatic heterocycles. The highest BCUT2D eigenvalue weighted by Crippen LogP contribution is 2.29. The largest absolute Gasteiger partial charge is 0.349 e. The molecule has 0 spiro atoms. The SMILES string of the molecule is Cc1ccc(-n2nc(C(=O)NCCN)c3c2CCC3)c(C)c1.Cl. The van der Waals surface area contributed by atoms with Gasteiger partial charge in [0.05, 0.1) is 5.69 Å². The summed E-state index contributed by atoms with van der Waals surface area (Å²) in [5.41, 5.74) is 11.7. The van der Waals surface area contributed by atoms with Crippen molar-refractivity contribution in [2.75, 3.05) is 13.1 Å². The first-order valence-electron chi connectivity index (χ1n) is 7.78. The van der Waals surface area contributed by atoms with Crippen LogP contribution in [0.2, 0.25) is 0 Å². The van der Waals surface area contributed by atoms with Crippen molar-refractivity contribution >= 4 is 18.3 Å². The monoisotopic (exact) mass is 334 g/mol. The first-order valence-corrected chi connectivity index (χ1v) is 7.78. The highest BCUT2D eigenvalue weighted by atomic mass is 35.5. The van der Waals surface area contributed by atoms with Gasteiger partial charge in [0.1, 0.15) is 0 Å². The Bertz CT molecular complexity index is 724. The number of halogens is 1. The predicted octanol–water partition coefficient (Wildman–Crippen LogP) is 2.09. The zero-order chi connectivity index (χ0) is 15.7. The smallest absolute Gasteiger partial charge is 0.272 e. The number of fused-ring (bicyclic) bond motifs is 1. The number of nitrogens with one attached hydrogen (secondary N) is 1. The van der Waals surface area contributed by atoms with Gasteiger partial charge in [0.25, 0.3) is 5.91 Å². The Morgan fingerprint density at radius 1 is 1.35 bits per heavy atom. The molecule has 0 radical (unpaired) electrons. The molecule has 0 bridgehead atoms. The third-order valence-electron chi connectivity index (χ3n) is 4.16. The van der Waals surface area contributed by atoms with Gasteiger partial charge in [0, 0.05) is 24.3 Å². The molecule has 1 aromatic carbocycles. The van der Waals surface area contributed by atoms with Gasteiger partial charge in [-0.3, -0.25) is 4.79 Å². The molecule has 3 N–H and O–H groups in total. The molecule has 0 unspecified atom stereocenters. The molecule has 0 fully saturated rings. The molecule has 124 valence electrons. The second-order valence-corrected chi connectivity index (χ2v) is 5.87. The van der Waals surface area contributed by atoms with Crippen molar-refractivity contribution in [2.24, 2.45) is 5.73 Å². The molecule has 0 saturated carbocycles. The Labute approximate surface area is 142 Å². The molecule has 5 nitrogen and oxygen atoms in total. The molecular formula is C17H23ClN4O. The van der Waals surface area contributed by atoms with E-state index in [-0.39, 0.29) is 18.3 Å². The van der Waals surface area contributed by atoms with Gasteiger partial charge in [-0.2, -0.15) is 5.10 Å². The molecule has 0 atom stereocenters. The number of aryl methyl sites for hydroxylation is 2. The molecule has 1 amide bonds. The summed E-state index contributed by atoms with van der Waals surface area (Å²) >= 11 is 0. The first kappa shape index (κ1) is 17.5. The number of hydrogen-bond donors (Lipinski definition) is 2. The molecule has 23 heavy (non-hydrogen) atoms. The second-order valence-electron chi connectivity index (χ2n) is 5.87. The number of carbonyl (C=O) groups excluding carboxylic acids is 1. The van der Waals surface area contributed by atoms with Crippen LogP contribution in [0.25, 0.3) is 5.69 Å². The topological polar surface area (TPSA) is 72.9 Å². The fourth-order valence-corrected chi connectivity index (χ4v) is 3.13. The lowest BCUT2D eigenvalue weighted by molar-refractivity contribution is 0.0948. The lowest BCUT2D eigenvalue weighted by Crippen LogP contribution is -2.30. The quantitative estimate of drug-likeness (QED) is 0.899. The molecule has 1 aromatic heterocycles. The molecule has 3 rings (SSSR count). The van der Waals surface area contributed by atoms with Crippen LogP contribution in [0.1, 0.15) is 39.3 Å². The zero-order valence-electron chi connectivity index (χ0n) is 13.6. The summed E-state index contributed by atoms with van der Waals surface area (Å²) in [5, 5.41) is 7.44. The van der Waals surface area contributed by atoms with E-state index in [4.69, 9.17) is 5.73 Å². The molecule has 1 aliphatic rings. The maximum Gasteiger partial charge on any atom is 0.272 e. The van der Waals surface area contributed by atoms with Crippen LogP contribution in [0, 0.1) is 13.8 Å². The lowest BCUT2D eigenvalue weighted by atomic mass is 10.1. The van der Waals surface area contributed by atoms with Crippen LogP contribution in [-0.4, -0.2) is 28.8 Å². The normalized spacial score (nSPS) is 12.7. The number of rotatable bonds is 4. The molecule has 2 aromatic rings. The standard InChI is InChI=1S/C17H22N4O.ClH/c1-11-6-7-14(12(2)10-11)21-15-5-3-4-13(15)16(20-21)17(22)19-9-8-18;/h6-7,10H,3-5,8-9,18H2,1-2H3,(H,19,22);1H. The zero-order valence-corrected chi connectivity index (χ0v) is 14.4. The highest BCUT2D eigenvalue weighted by molar-refractivity contribution is 5.94. The number of carbonyl (C=O) groups is 1. The Balaban J connectivity index is 0.00000192. The predicted molar refractivity (Wildman–Crippen MR) is 93.7 cm³/mol. The summed E-state index contributed by atoms with van der Waals surface area (Å²) in [6, 6.07) is 6.31. The summed E-state index contributed by atoms with van der Waals surface area (Å²) in [7, 11) is 0. The summed E-state index contributed by atoms with van der Waals surface area (Å²) < 4.78 is 1.95. The summed E-state index contributed by atoms with van der Waals surface area (Å²) in [6.45, 7) is 5.07. The van der Waals surface area contributed by atoms with E-state index in [1.54, 1.807) is 0 Å². The number of nitrogens with zero attached hydrogens (tertiary/aromatic N) is 2. The maximum absolute atomic E-state index is 12.3. The summed E-state index contributed by atoms with van der Waals surface area (Å²) in [4.78, 5) is 12.3. The van der Waals surface area contributed by atoms with E-state index < -0.39 is 0 Å². The van der Waals surface area contributed by atoms with E-state index >= 15 is 0 Å². The Hall–Kier alpha value is -1.85. The van der Waals surface area contributed by atoms with E-state index in [0.717, 1.165) is 30.5 Å². The number of nitrogens with two attached hydrogens (primary N) is 1. The average molecular weight is 335 g/mol. The summed E-state index contributed by atoms with van der Waals surface area (Å²) in [5.74, 6) is -0.118. The second kappa shape index (κ2) is 7.15. The van der Waals surface area contributed by atoms with E-state index in [2.05, 4.69) is 42.5 Å². The minimum atomic E-state index is -0.118. The highest BCUT2D eigenvalue weighted by Gasteiger charge is 2.27. The lowest BCUT2D eigenvalue weighted by Gasteiger charge is -2.09. The van der Waals surface area contributed by atoms with Crippen LogP contribution in [0.4, 0.5) is 0 Å². The van der Waals surface area contributed by atoms with E-state index in [9.17, 15) is 4.79 Å². The number of aromatic nitrogens is 2. The average Bonchev–Trinajstić information content (AvgIpc) is 3.07. The number of amides is 1. The molecular weight excluding hydrogens is 312 g/mol. The van der Waals surface area contributed by atoms with Crippen LogP contribution in [0.5, 0.6) is 0 Å². The van der Waals surface area contributed by atoms with Crippen molar-refractivity contribution in [3.8, 4) is 5.69 Å². The minimum absolute atomic E-state index is 0. The van der Waals surface area contributed by atoms with Crippen LogP contribution in [0.3, 0.4) is 0 Å². The van der Waals surface area contributed by atoms with Crippen molar-refractivity contribution in [3.63, 3.8) is 0 Å². The van der Waals surface area contributed by atoms with Crippen molar-refractivity contribution < 1.29 is 4.79 Å². The first-order chi connectivity index (χ1) is 10.6. The Morgan fingerprint density at radius 3 is 2.83 bits per heavy atom. The van der Waals surface area contributed by atoms with E-state index in [1.807, 2.05) is 4.68 Å². The third-order valence-corrected chi connectivity index (χ3v) is 4.16. The van der Waals surface area contributed by atoms with Gasteiger partial charge in [-0.25, -0.2) is 4.68 Å². The maximum atomic E-state index is 12.3. The van der Waals surface area contributed by atoms with Gasteiger partial charge in [-0.1, -0.05) is 17.7 Å². The van der Waals surface area contributed by atoms with Crippen molar-refractivity contribution in [1.82, 2.24) is 15.1 Å².